The third kappa shape index (κ3) is 6.01. The minimum atomic E-state index is -2.06. The molecule has 0 N–H and O–H groups in total. The van der Waals surface area contributed by atoms with Crippen LogP contribution in [0.5, 0.6) is 0 Å². The van der Waals surface area contributed by atoms with Crippen LogP contribution in [0.4, 0.5) is 0 Å². The fraction of sp³-hybridized carbons (Fsp3) is 0.667. The Labute approximate surface area is 183 Å². The van der Waals surface area contributed by atoms with E-state index in [1.807, 2.05) is 37.3 Å². The molecule has 1 aliphatic rings. The van der Waals surface area contributed by atoms with Gasteiger partial charge < -0.3 is 18.6 Å². The Morgan fingerprint density at radius 3 is 2.32 bits per heavy atom. The first kappa shape index (κ1) is 23.8. The first-order valence-electron chi connectivity index (χ1n) is 9.72. The van der Waals surface area contributed by atoms with Crippen molar-refractivity contribution in [2.75, 3.05) is 0 Å². The van der Waals surface area contributed by atoms with Crippen molar-refractivity contribution < 1.29 is 23.4 Å². The number of halogens is 1. The van der Waals surface area contributed by atoms with Crippen molar-refractivity contribution in [1.29, 1.82) is 0 Å². The van der Waals surface area contributed by atoms with Gasteiger partial charge in [-0.3, -0.25) is 4.79 Å². The lowest BCUT2D eigenvalue weighted by atomic mass is 10.0. The number of hydrogen-bond donors (Lipinski definition) is 0. The number of hydrogen-bond acceptors (Lipinski definition) is 5. The van der Waals surface area contributed by atoms with E-state index >= 15 is 0 Å². The number of esters is 1. The van der Waals surface area contributed by atoms with Crippen LogP contribution >= 0.6 is 22.6 Å². The fourth-order valence-electron chi connectivity index (χ4n) is 2.87. The first-order valence-corrected chi connectivity index (χ1v) is 13.9. The highest BCUT2D eigenvalue weighted by Gasteiger charge is 2.50. The van der Waals surface area contributed by atoms with Gasteiger partial charge in [0.2, 0.25) is 6.29 Å². The van der Waals surface area contributed by atoms with Crippen molar-refractivity contribution in [2.24, 2.45) is 0 Å². The Morgan fingerprint density at radius 2 is 1.79 bits per heavy atom. The molecular weight excluding hydrogens is 487 g/mol. The minimum Gasteiger partial charge on any atom is -0.435 e. The maximum atomic E-state index is 11.5. The van der Waals surface area contributed by atoms with E-state index in [0.29, 0.717) is 6.61 Å². The molecule has 1 fully saturated rings. The number of carbonyl (C=O) groups excluding carboxylic acids is 1. The van der Waals surface area contributed by atoms with Crippen LogP contribution in [-0.2, 0) is 30.0 Å². The molecule has 0 saturated carbocycles. The summed E-state index contributed by atoms with van der Waals surface area (Å²) in [6.45, 7) is 14.9. The molecular formula is C21H33IO5Si. The van der Waals surface area contributed by atoms with E-state index in [-0.39, 0.29) is 33.2 Å². The summed E-state index contributed by atoms with van der Waals surface area (Å²) in [7, 11) is -2.06. The summed E-state index contributed by atoms with van der Waals surface area (Å²) >= 11 is 2.28. The lowest BCUT2D eigenvalue weighted by molar-refractivity contribution is -0.241. The largest absolute Gasteiger partial charge is 0.435 e. The molecule has 1 aliphatic heterocycles. The number of rotatable bonds is 6. The number of benzene rings is 1. The van der Waals surface area contributed by atoms with E-state index in [2.05, 4.69) is 56.5 Å². The lowest BCUT2D eigenvalue weighted by Gasteiger charge is -2.48. The highest BCUT2D eigenvalue weighted by Crippen LogP contribution is 2.41. The van der Waals surface area contributed by atoms with Gasteiger partial charge in [-0.05, 0) is 30.6 Å². The summed E-state index contributed by atoms with van der Waals surface area (Å²) in [5.74, 6) is -0.353. The third-order valence-corrected chi connectivity index (χ3v) is 11.3. The van der Waals surface area contributed by atoms with Crippen LogP contribution in [0.1, 0.15) is 40.2 Å². The lowest BCUT2D eigenvalue weighted by Crippen LogP contribution is -2.60. The van der Waals surface area contributed by atoms with Crippen LogP contribution in [0.15, 0.2) is 30.3 Å². The van der Waals surface area contributed by atoms with Crippen molar-refractivity contribution in [1.82, 2.24) is 0 Å². The molecule has 7 heteroatoms. The zero-order valence-electron chi connectivity index (χ0n) is 17.9. The molecule has 0 aromatic heterocycles. The Bertz CT molecular complexity index is 646. The Kier molecular flexibility index (Phi) is 8.12. The second-order valence-electron chi connectivity index (χ2n) is 8.87. The van der Waals surface area contributed by atoms with Gasteiger partial charge in [0.15, 0.2) is 8.32 Å². The van der Waals surface area contributed by atoms with E-state index in [9.17, 15) is 4.79 Å². The van der Waals surface area contributed by atoms with Gasteiger partial charge in [-0.1, -0.05) is 73.7 Å². The molecule has 0 spiro atoms. The predicted octanol–water partition coefficient (Wildman–Crippen LogP) is 5.07. The van der Waals surface area contributed by atoms with E-state index in [4.69, 9.17) is 18.6 Å². The van der Waals surface area contributed by atoms with Gasteiger partial charge in [0, 0.05) is 6.92 Å². The molecule has 1 unspecified atom stereocenters. The zero-order chi connectivity index (χ0) is 21.1. The Hall–Kier alpha value is -0.483. The molecule has 5 atom stereocenters. The normalized spacial score (nSPS) is 28.8. The van der Waals surface area contributed by atoms with Crippen LogP contribution in [0.2, 0.25) is 18.1 Å². The van der Waals surface area contributed by atoms with Crippen LogP contribution in [0.25, 0.3) is 0 Å². The molecule has 28 heavy (non-hydrogen) atoms. The van der Waals surface area contributed by atoms with Gasteiger partial charge >= 0.3 is 5.97 Å². The van der Waals surface area contributed by atoms with Crippen molar-refractivity contribution in [3.05, 3.63) is 35.9 Å². The molecule has 0 amide bonds. The van der Waals surface area contributed by atoms with E-state index in [0.717, 1.165) is 5.56 Å². The molecule has 0 radical (unpaired) electrons. The van der Waals surface area contributed by atoms with Gasteiger partial charge in [0.25, 0.3) is 0 Å². The van der Waals surface area contributed by atoms with Gasteiger partial charge in [0.05, 0.1) is 18.8 Å². The molecule has 5 nitrogen and oxygen atoms in total. The summed E-state index contributed by atoms with van der Waals surface area (Å²) in [6.07, 6.45) is -1.37. The summed E-state index contributed by atoms with van der Waals surface area (Å²) in [6, 6.07) is 10.1. The van der Waals surface area contributed by atoms with Crippen LogP contribution in [0.3, 0.4) is 0 Å². The van der Waals surface area contributed by atoms with Crippen LogP contribution in [-0.4, -0.2) is 42.8 Å². The number of carbonyl (C=O) groups is 1. The summed E-state index contributed by atoms with van der Waals surface area (Å²) in [5.41, 5.74) is 1.10. The predicted molar refractivity (Wildman–Crippen MR) is 121 cm³/mol. The topological polar surface area (TPSA) is 54.0 Å². The van der Waals surface area contributed by atoms with Crippen molar-refractivity contribution >= 4 is 36.9 Å². The van der Waals surface area contributed by atoms with E-state index in [1.54, 1.807) is 0 Å². The molecule has 1 heterocycles. The molecule has 1 aromatic carbocycles. The van der Waals surface area contributed by atoms with Gasteiger partial charge in [-0.2, -0.15) is 0 Å². The van der Waals surface area contributed by atoms with Crippen LogP contribution < -0.4 is 0 Å². The summed E-state index contributed by atoms with van der Waals surface area (Å²) in [5, 5.41) is 0.0613. The van der Waals surface area contributed by atoms with E-state index in [1.165, 1.54) is 6.92 Å². The monoisotopic (exact) mass is 520 g/mol. The smallest absolute Gasteiger partial charge is 0.304 e. The molecule has 1 aromatic rings. The highest BCUT2D eigenvalue weighted by molar-refractivity contribution is 14.1. The fourth-order valence-corrected chi connectivity index (χ4v) is 5.33. The number of alkyl halides is 1. The molecule has 0 bridgehead atoms. The standard InChI is InChI=1S/C21H33IO5Si/c1-14-18(24-13-16-11-9-8-10-12-16)19(27-28(6,7)21(3,4)5)17(22)20(25-14)26-15(2)23/h8-12,14,17-20H,13H2,1-7H3/t14-,17-,18-,19-,20?/m1/s1. The second kappa shape index (κ2) is 9.55. The third-order valence-electron chi connectivity index (χ3n) is 5.51. The SMILES string of the molecule is CC(=O)OC1O[C@H](C)[C@@H](OCc2ccccc2)[C@H](O[Si](C)(C)C(C)(C)C)[C@H]1I. The van der Waals surface area contributed by atoms with Gasteiger partial charge in [0.1, 0.15) is 10.0 Å². The first-order chi connectivity index (χ1) is 12.9. The summed E-state index contributed by atoms with van der Waals surface area (Å²) in [4.78, 5) is 11.5. The molecule has 1 saturated heterocycles. The van der Waals surface area contributed by atoms with Crippen molar-refractivity contribution in [3.63, 3.8) is 0 Å². The van der Waals surface area contributed by atoms with Gasteiger partial charge in [-0.15, -0.1) is 0 Å². The second-order valence-corrected chi connectivity index (χ2v) is 15.1. The maximum absolute atomic E-state index is 11.5. The van der Waals surface area contributed by atoms with Gasteiger partial charge in [-0.25, -0.2) is 0 Å². The molecule has 2 rings (SSSR count). The number of ether oxygens (including phenoxy) is 3. The average molecular weight is 520 g/mol. The summed E-state index contributed by atoms with van der Waals surface area (Å²) < 4.78 is 24.3. The molecule has 0 aliphatic carbocycles. The highest BCUT2D eigenvalue weighted by atomic mass is 127. The Balaban J connectivity index is 2.24. The average Bonchev–Trinajstić information content (AvgIpc) is 2.58. The minimum absolute atomic E-state index is 0.0613. The zero-order valence-corrected chi connectivity index (χ0v) is 21.1. The van der Waals surface area contributed by atoms with Crippen LogP contribution in [0, 0.1) is 0 Å². The van der Waals surface area contributed by atoms with Crippen molar-refractivity contribution in [3.8, 4) is 0 Å². The maximum Gasteiger partial charge on any atom is 0.304 e. The van der Waals surface area contributed by atoms with Crippen molar-refractivity contribution in [2.45, 2.75) is 87.9 Å². The quantitative estimate of drug-likeness (QED) is 0.227. The molecule has 158 valence electrons. The Morgan fingerprint density at radius 1 is 1.18 bits per heavy atom. The van der Waals surface area contributed by atoms with E-state index < -0.39 is 14.6 Å².